The second-order valence-corrected chi connectivity index (χ2v) is 4.01. The van der Waals surface area contributed by atoms with Crippen LogP contribution in [-0.2, 0) is 11.3 Å². The summed E-state index contributed by atoms with van der Waals surface area (Å²) in [5.41, 5.74) is 7.54. The van der Waals surface area contributed by atoms with Crippen LogP contribution in [0, 0.1) is 6.92 Å². The van der Waals surface area contributed by atoms with E-state index in [1.165, 1.54) is 0 Å². The van der Waals surface area contributed by atoms with E-state index in [2.05, 4.69) is 5.32 Å². The van der Waals surface area contributed by atoms with E-state index in [9.17, 15) is 4.79 Å². The molecular weight excluding hydrogens is 212 g/mol. The molecule has 1 amide bonds. The van der Waals surface area contributed by atoms with Crippen molar-refractivity contribution in [3.05, 3.63) is 34.3 Å². The Hall–Kier alpha value is -1.06. The lowest BCUT2D eigenvalue weighted by molar-refractivity contribution is -0.122. The number of halogens is 1. The molecule has 1 rings (SSSR count). The fourth-order valence-corrected chi connectivity index (χ4v) is 1.37. The van der Waals surface area contributed by atoms with Gasteiger partial charge in [0.1, 0.15) is 0 Å². The Kier molecular flexibility index (Phi) is 4.12. The molecule has 0 fully saturated rings. The number of hydrogen-bond acceptors (Lipinski definition) is 2. The standard InChI is InChI=1S/C11H15ClN2O/c1-7-3-4-10(12)5-9(7)6-14-11(15)8(2)13/h3-5,8H,6,13H2,1-2H3,(H,14,15). The fraction of sp³-hybridized carbons (Fsp3) is 0.364. The third-order valence-corrected chi connectivity index (χ3v) is 2.41. The van der Waals surface area contributed by atoms with Crippen LogP contribution in [0.15, 0.2) is 18.2 Å². The van der Waals surface area contributed by atoms with Crippen molar-refractivity contribution >= 4 is 17.5 Å². The zero-order valence-electron chi connectivity index (χ0n) is 8.88. The van der Waals surface area contributed by atoms with Crippen molar-refractivity contribution < 1.29 is 4.79 Å². The van der Waals surface area contributed by atoms with Crippen LogP contribution in [0.25, 0.3) is 0 Å². The average Bonchev–Trinajstić information content (AvgIpc) is 2.18. The number of rotatable bonds is 3. The number of aryl methyl sites for hydroxylation is 1. The lowest BCUT2D eigenvalue weighted by Crippen LogP contribution is -2.37. The largest absolute Gasteiger partial charge is 0.351 e. The van der Waals surface area contributed by atoms with Crippen LogP contribution >= 0.6 is 11.6 Å². The lowest BCUT2D eigenvalue weighted by atomic mass is 10.1. The highest BCUT2D eigenvalue weighted by Crippen LogP contribution is 2.14. The molecule has 0 aromatic heterocycles. The van der Waals surface area contributed by atoms with Crippen molar-refractivity contribution in [2.45, 2.75) is 26.4 Å². The van der Waals surface area contributed by atoms with Crippen LogP contribution < -0.4 is 11.1 Å². The third-order valence-electron chi connectivity index (χ3n) is 2.18. The SMILES string of the molecule is Cc1ccc(Cl)cc1CNC(=O)C(C)N. The molecule has 0 radical (unpaired) electrons. The highest BCUT2D eigenvalue weighted by molar-refractivity contribution is 6.30. The minimum atomic E-state index is -0.482. The Morgan fingerprint density at radius 3 is 2.87 bits per heavy atom. The smallest absolute Gasteiger partial charge is 0.236 e. The predicted octanol–water partition coefficient (Wildman–Crippen LogP) is 1.61. The van der Waals surface area contributed by atoms with Gasteiger partial charge in [0.25, 0.3) is 0 Å². The van der Waals surface area contributed by atoms with Crippen LogP contribution in [0.2, 0.25) is 5.02 Å². The molecule has 82 valence electrons. The molecule has 1 aromatic rings. The molecule has 1 unspecified atom stereocenters. The molecule has 0 aliphatic heterocycles. The summed E-state index contributed by atoms with van der Waals surface area (Å²) in [7, 11) is 0. The fourth-order valence-electron chi connectivity index (χ4n) is 1.17. The molecule has 0 saturated heterocycles. The van der Waals surface area contributed by atoms with Gasteiger partial charge in [-0.15, -0.1) is 0 Å². The van der Waals surface area contributed by atoms with E-state index >= 15 is 0 Å². The molecule has 3 N–H and O–H groups in total. The summed E-state index contributed by atoms with van der Waals surface area (Å²) in [6, 6.07) is 5.12. The zero-order valence-corrected chi connectivity index (χ0v) is 9.64. The number of nitrogens with two attached hydrogens (primary N) is 1. The first-order valence-electron chi connectivity index (χ1n) is 4.79. The predicted molar refractivity (Wildman–Crippen MR) is 61.7 cm³/mol. The number of carbonyl (C=O) groups is 1. The third kappa shape index (κ3) is 3.53. The zero-order chi connectivity index (χ0) is 11.4. The van der Waals surface area contributed by atoms with E-state index in [4.69, 9.17) is 17.3 Å². The highest BCUT2D eigenvalue weighted by Gasteiger charge is 2.07. The monoisotopic (exact) mass is 226 g/mol. The number of benzene rings is 1. The minimum Gasteiger partial charge on any atom is -0.351 e. The molecule has 1 atom stereocenters. The molecular formula is C11H15ClN2O. The Morgan fingerprint density at radius 2 is 2.27 bits per heavy atom. The molecule has 4 heteroatoms. The highest BCUT2D eigenvalue weighted by atomic mass is 35.5. The maximum absolute atomic E-state index is 11.2. The van der Waals surface area contributed by atoms with E-state index in [1.807, 2.05) is 25.1 Å². The Labute approximate surface area is 94.6 Å². The second-order valence-electron chi connectivity index (χ2n) is 3.58. The molecule has 0 saturated carbocycles. The van der Waals surface area contributed by atoms with Crippen molar-refractivity contribution in [3.8, 4) is 0 Å². The first kappa shape index (κ1) is 12.0. The van der Waals surface area contributed by atoms with E-state index in [0.717, 1.165) is 11.1 Å². The number of hydrogen-bond donors (Lipinski definition) is 2. The average molecular weight is 227 g/mol. The normalized spacial score (nSPS) is 12.3. The van der Waals surface area contributed by atoms with E-state index in [-0.39, 0.29) is 5.91 Å². The first-order valence-corrected chi connectivity index (χ1v) is 5.17. The van der Waals surface area contributed by atoms with E-state index in [0.29, 0.717) is 11.6 Å². The molecule has 0 heterocycles. The second kappa shape index (κ2) is 5.14. The number of carbonyl (C=O) groups excluding carboxylic acids is 1. The molecule has 0 bridgehead atoms. The molecule has 0 spiro atoms. The van der Waals surface area contributed by atoms with Gasteiger partial charge < -0.3 is 11.1 Å². The molecule has 0 aliphatic carbocycles. The molecule has 15 heavy (non-hydrogen) atoms. The molecule has 1 aromatic carbocycles. The quantitative estimate of drug-likeness (QED) is 0.823. The summed E-state index contributed by atoms with van der Waals surface area (Å²) in [4.78, 5) is 11.2. The van der Waals surface area contributed by atoms with Crippen LogP contribution in [0.3, 0.4) is 0 Å². The van der Waals surface area contributed by atoms with Gasteiger partial charge in [0.2, 0.25) is 5.91 Å². The summed E-state index contributed by atoms with van der Waals surface area (Å²) in [5, 5.41) is 3.42. The van der Waals surface area contributed by atoms with Gasteiger partial charge in [0.05, 0.1) is 6.04 Å². The van der Waals surface area contributed by atoms with Crippen molar-refractivity contribution in [1.29, 1.82) is 0 Å². The van der Waals surface area contributed by atoms with Crippen LogP contribution in [-0.4, -0.2) is 11.9 Å². The number of amides is 1. The lowest BCUT2D eigenvalue weighted by Gasteiger charge is -2.10. The topological polar surface area (TPSA) is 55.1 Å². The van der Waals surface area contributed by atoms with Gasteiger partial charge >= 0.3 is 0 Å². The van der Waals surface area contributed by atoms with E-state index in [1.54, 1.807) is 6.92 Å². The Balaban J connectivity index is 2.65. The number of nitrogens with one attached hydrogen (secondary N) is 1. The summed E-state index contributed by atoms with van der Waals surface area (Å²) in [6.45, 7) is 4.09. The van der Waals surface area contributed by atoms with Crippen molar-refractivity contribution in [2.24, 2.45) is 5.73 Å². The van der Waals surface area contributed by atoms with Gasteiger partial charge in [-0.1, -0.05) is 17.7 Å². The Bertz CT molecular complexity index is 364. The summed E-state index contributed by atoms with van der Waals surface area (Å²) < 4.78 is 0. The summed E-state index contributed by atoms with van der Waals surface area (Å²) >= 11 is 5.86. The van der Waals surface area contributed by atoms with Crippen LogP contribution in [0.4, 0.5) is 0 Å². The van der Waals surface area contributed by atoms with Crippen molar-refractivity contribution in [1.82, 2.24) is 5.32 Å². The van der Waals surface area contributed by atoms with Crippen molar-refractivity contribution in [3.63, 3.8) is 0 Å². The van der Waals surface area contributed by atoms with Gasteiger partial charge in [-0.2, -0.15) is 0 Å². The summed E-state index contributed by atoms with van der Waals surface area (Å²) in [5.74, 6) is -0.158. The van der Waals surface area contributed by atoms with Gasteiger partial charge in [-0.05, 0) is 37.1 Å². The summed E-state index contributed by atoms with van der Waals surface area (Å²) in [6.07, 6.45) is 0. The van der Waals surface area contributed by atoms with Crippen LogP contribution in [0.5, 0.6) is 0 Å². The minimum absolute atomic E-state index is 0.158. The maximum Gasteiger partial charge on any atom is 0.236 e. The van der Waals surface area contributed by atoms with E-state index < -0.39 is 6.04 Å². The Morgan fingerprint density at radius 1 is 1.60 bits per heavy atom. The van der Waals surface area contributed by atoms with Gasteiger partial charge in [-0.25, -0.2) is 0 Å². The van der Waals surface area contributed by atoms with Gasteiger partial charge in [-0.3, -0.25) is 4.79 Å². The van der Waals surface area contributed by atoms with Crippen LogP contribution in [0.1, 0.15) is 18.1 Å². The molecule has 3 nitrogen and oxygen atoms in total. The first-order chi connectivity index (χ1) is 7.00. The van der Waals surface area contributed by atoms with Gasteiger partial charge in [0, 0.05) is 11.6 Å². The molecule has 0 aliphatic rings. The maximum atomic E-state index is 11.2. The van der Waals surface area contributed by atoms with Crippen molar-refractivity contribution in [2.75, 3.05) is 0 Å². The van der Waals surface area contributed by atoms with Gasteiger partial charge in [0.15, 0.2) is 0 Å².